The Labute approximate surface area is 137 Å². The monoisotopic (exact) mass is 315 g/mol. The zero-order chi connectivity index (χ0) is 17.0. The Hall–Kier alpha value is -1.84. The van der Waals surface area contributed by atoms with Crippen LogP contribution in [0.25, 0.3) is 0 Å². The molecule has 4 heteroatoms. The van der Waals surface area contributed by atoms with Gasteiger partial charge < -0.3 is 9.64 Å². The number of nitrogens with zero attached hydrogens (tertiary/aromatic N) is 1. The molecular weight excluding hydrogens is 290 g/mol. The van der Waals surface area contributed by atoms with Crippen LogP contribution >= 0.6 is 0 Å². The fourth-order valence-electron chi connectivity index (χ4n) is 4.18. The van der Waals surface area contributed by atoms with Gasteiger partial charge in [0.05, 0.1) is 5.41 Å². The lowest BCUT2D eigenvalue weighted by molar-refractivity contribution is -0.167. The average molecular weight is 315 g/mol. The molecule has 1 saturated heterocycles. The standard InChI is InChI=1S/C19H25NO3/c1-6-20(14-9-7-8-13(2)12-14)15(21)19-11-10-18(5,16(22)23-19)17(19,3)4/h7-9,12H,6,10-11H2,1-5H3. The van der Waals surface area contributed by atoms with Crippen molar-refractivity contribution in [3.63, 3.8) is 0 Å². The summed E-state index contributed by atoms with van der Waals surface area (Å²) in [4.78, 5) is 27.6. The highest BCUT2D eigenvalue weighted by Gasteiger charge is 2.76. The van der Waals surface area contributed by atoms with Crippen molar-refractivity contribution in [1.29, 1.82) is 0 Å². The van der Waals surface area contributed by atoms with Gasteiger partial charge >= 0.3 is 5.97 Å². The largest absolute Gasteiger partial charge is 0.448 e. The van der Waals surface area contributed by atoms with Gasteiger partial charge in [-0.05, 0) is 51.3 Å². The van der Waals surface area contributed by atoms with Crippen molar-refractivity contribution in [1.82, 2.24) is 0 Å². The number of carbonyl (C=O) groups excluding carboxylic acids is 2. The lowest BCUT2D eigenvalue weighted by Gasteiger charge is -2.38. The first-order valence-corrected chi connectivity index (χ1v) is 8.32. The summed E-state index contributed by atoms with van der Waals surface area (Å²) >= 11 is 0. The highest BCUT2D eigenvalue weighted by atomic mass is 16.6. The summed E-state index contributed by atoms with van der Waals surface area (Å²) in [5.41, 5.74) is -0.164. The molecule has 124 valence electrons. The maximum Gasteiger partial charge on any atom is 0.313 e. The number of benzene rings is 1. The third-order valence-electron chi connectivity index (χ3n) is 6.30. The van der Waals surface area contributed by atoms with E-state index in [0.29, 0.717) is 19.4 Å². The number of hydrogen-bond acceptors (Lipinski definition) is 3. The van der Waals surface area contributed by atoms with Gasteiger partial charge in [-0.1, -0.05) is 26.0 Å². The summed E-state index contributed by atoms with van der Waals surface area (Å²) in [6.45, 7) is 10.4. The molecule has 23 heavy (non-hydrogen) atoms. The average Bonchev–Trinajstić information content (AvgIpc) is 2.78. The quantitative estimate of drug-likeness (QED) is 0.802. The number of anilines is 1. The van der Waals surface area contributed by atoms with E-state index in [1.807, 2.05) is 58.9 Å². The van der Waals surface area contributed by atoms with Crippen LogP contribution in [0.1, 0.15) is 46.1 Å². The first-order valence-electron chi connectivity index (χ1n) is 8.32. The summed E-state index contributed by atoms with van der Waals surface area (Å²) in [5, 5.41) is 0. The van der Waals surface area contributed by atoms with Crippen LogP contribution in [0.3, 0.4) is 0 Å². The molecule has 0 N–H and O–H groups in total. The van der Waals surface area contributed by atoms with E-state index in [2.05, 4.69) is 0 Å². The fourth-order valence-corrected chi connectivity index (χ4v) is 4.18. The van der Waals surface area contributed by atoms with Gasteiger partial charge in [0.2, 0.25) is 0 Å². The molecule has 3 rings (SSSR count). The highest BCUT2D eigenvalue weighted by molar-refractivity contribution is 6.04. The van der Waals surface area contributed by atoms with E-state index >= 15 is 0 Å². The van der Waals surface area contributed by atoms with E-state index in [0.717, 1.165) is 11.3 Å². The Balaban J connectivity index is 2.04. The van der Waals surface area contributed by atoms with Crippen LogP contribution in [-0.2, 0) is 14.3 Å². The van der Waals surface area contributed by atoms with Crippen LogP contribution in [0, 0.1) is 17.8 Å². The molecule has 1 aromatic rings. The minimum Gasteiger partial charge on any atom is -0.448 e. The predicted molar refractivity (Wildman–Crippen MR) is 89.2 cm³/mol. The van der Waals surface area contributed by atoms with Gasteiger partial charge in [-0.25, -0.2) is 0 Å². The van der Waals surface area contributed by atoms with E-state index in [9.17, 15) is 9.59 Å². The lowest BCUT2D eigenvalue weighted by atomic mass is 9.66. The molecule has 1 saturated carbocycles. The summed E-state index contributed by atoms with van der Waals surface area (Å²) in [5.74, 6) is -0.326. The van der Waals surface area contributed by atoms with Crippen LogP contribution in [-0.4, -0.2) is 24.0 Å². The Morgan fingerprint density at radius 2 is 1.96 bits per heavy atom. The van der Waals surface area contributed by atoms with Crippen molar-refractivity contribution in [3.8, 4) is 0 Å². The van der Waals surface area contributed by atoms with E-state index in [4.69, 9.17) is 4.74 Å². The molecule has 1 amide bonds. The summed E-state index contributed by atoms with van der Waals surface area (Å²) in [6.07, 6.45) is 1.30. The second kappa shape index (κ2) is 4.83. The van der Waals surface area contributed by atoms with E-state index in [1.165, 1.54) is 0 Å². The summed E-state index contributed by atoms with van der Waals surface area (Å²) < 4.78 is 5.73. The van der Waals surface area contributed by atoms with Crippen LogP contribution in [0.5, 0.6) is 0 Å². The van der Waals surface area contributed by atoms with Gasteiger partial charge in [0, 0.05) is 17.6 Å². The molecule has 0 aromatic heterocycles. The predicted octanol–water partition coefficient (Wildman–Crippen LogP) is 3.47. The molecule has 2 atom stereocenters. The minimum atomic E-state index is -1.04. The summed E-state index contributed by atoms with van der Waals surface area (Å²) in [6, 6.07) is 7.88. The number of rotatable bonds is 3. The molecule has 1 aliphatic heterocycles. The molecule has 2 unspecified atom stereocenters. The van der Waals surface area contributed by atoms with Crippen LogP contribution < -0.4 is 4.90 Å². The second-order valence-electron chi connectivity index (χ2n) is 7.56. The summed E-state index contributed by atoms with van der Waals surface area (Å²) in [7, 11) is 0. The second-order valence-corrected chi connectivity index (χ2v) is 7.56. The van der Waals surface area contributed by atoms with Crippen LogP contribution in [0.15, 0.2) is 24.3 Å². The first-order chi connectivity index (χ1) is 10.7. The van der Waals surface area contributed by atoms with E-state index in [1.54, 1.807) is 4.90 Å². The smallest absolute Gasteiger partial charge is 0.313 e. The molecule has 0 spiro atoms. The molecule has 2 aliphatic rings. The molecule has 2 bridgehead atoms. The number of ether oxygens (including phenoxy) is 1. The van der Waals surface area contributed by atoms with Gasteiger partial charge in [-0.3, -0.25) is 9.59 Å². The Bertz CT molecular complexity index is 681. The molecule has 1 heterocycles. The molecule has 0 radical (unpaired) electrons. The van der Waals surface area contributed by atoms with Crippen molar-refractivity contribution < 1.29 is 14.3 Å². The molecular formula is C19H25NO3. The number of aryl methyl sites for hydroxylation is 1. The van der Waals surface area contributed by atoms with E-state index < -0.39 is 16.4 Å². The maximum absolute atomic E-state index is 13.4. The zero-order valence-electron chi connectivity index (χ0n) is 14.6. The fraction of sp³-hybridized carbons (Fsp3) is 0.579. The Kier molecular flexibility index (Phi) is 3.36. The molecule has 1 aromatic carbocycles. The number of fused-ring (bicyclic) bond motifs is 2. The number of likely N-dealkylation sites (N-methyl/N-ethyl adjacent to an activating group) is 1. The normalized spacial score (nSPS) is 31.1. The minimum absolute atomic E-state index is 0.0924. The first kappa shape index (κ1) is 16.0. The third kappa shape index (κ3) is 1.84. The van der Waals surface area contributed by atoms with Gasteiger partial charge in [-0.2, -0.15) is 0 Å². The molecule has 4 nitrogen and oxygen atoms in total. The maximum atomic E-state index is 13.4. The van der Waals surface area contributed by atoms with E-state index in [-0.39, 0.29) is 11.9 Å². The topological polar surface area (TPSA) is 46.6 Å². The van der Waals surface area contributed by atoms with Crippen molar-refractivity contribution in [3.05, 3.63) is 29.8 Å². The van der Waals surface area contributed by atoms with Gasteiger partial charge in [0.1, 0.15) is 0 Å². The van der Waals surface area contributed by atoms with Crippen LogP contribution in [0.4, 0.5) is 5.69 Å². The number of hydrogen-bond donors (Lipinski definition) is 0. The number of esters is 1. The number of carbonyl (C=O) groups is 2. The molecule has 2 fully saturated rings. The van der Waals surface area contributed by atoms with Crippen molar-refractivity contribution in [2.24, 2.45) is 10.8 Å². The number of amides is 1. The van der Waals surface area contributed by atoms with Gasteiger partial charge in [-0.15, -0.1) is 0 Å². The van der Waals surface area contributed by atoms with Crippen molar-refractivity contribution >= 4 is 17.6 Å². The molecule has 1 aliphatic carbocycles. The van der Waals surface area contributed by atoms with Crippen molar-refractivity contribution in [2.75, 3.05) is 11.4 Å². The van der Waals surface area contributed by atoms with Gasteiger partial charge in [0.25, 0.3) is 5.91 Å². The van der Waals surface area contributed by atoms with Crippen LogP contribution in [0.2, 0.25) is 0 Å². The Morgan fingerprint density at radius 3 is 2.43 bits per heavy atom. The SMILES string of the molecule is CCN(C(=O)C12CCC(C)(C(=O)O1)C2(C)C)c1cccc(C)c1. The zero-order valence-corrected chi connectivity index (χ0v) is 14.6. The Morgan fingerprint density at radius 1 is 1.26 bits per heavy atom. The third-order valence-corrected chi connectivity index (χ3v) is 6.30. The lowest BCUT2D eigenvalue weighted by Crippen LogP contribution is -2.55. The van der Waals surface area contributed by atoms with Gasteiger partial charge in [0.15, 0.2) is 5.60 Å². The highest BCUT2D eigenvalue weighted by Crippen LogP contribution is 2.66. The van der Waals surface area contributed by atoms with Crippen molar-refractivity contribution in [2.45, 2.75) is 53.1 Å².